The number of rotatable bonds is 8. The van der Waals surface area contributed by atoms with Gasteiger partial charge in [0.25, 0.3) is 0 Å². The van der Waals surface area contributed by atoms with Crippen molar-refractivity contribution in [2.75, 3.05) is 31.0 Å². The molecule has 10 heteroatoms. The van der Waals surface area contributed by atoms with E-state index in [1.165, 1.54) is 7.11 Å². The number of hydrogen-bond donors (Lipinski definition) is 2. The number of ether oxygens (including phenoxy) is 2. The van der Waals surface area contributed by atoms with E-state index in [4.69, 9.17) is 33.3 Å². The van der Waals surface area contributed by atoms with Crippen molar-refractivity contribution in [3.05, 3.63) is 101 Å². The van der Waals surface area contributed by atoms with Crippen LogP contribution in [-0.4, -0.2) is 41.4 Å². The SMILES string of the molecule is COCC(=O)Nc1ccc(N2C(=S)N[C@@H](c3ccccn3)[C@@H]2c2cc(C)n(-c3cc(Cl)ccc3OC)c2C)cc1. The lowest BCUT2D eigenvalue weighted by atomic mass is 9.96. The molecule has 0 saturated carbocycles. The average Bonchev–Trinajstić information content (AvgIpc) is 3.44. The Bertz CT molecular complexity index is 1540. The number of benzene rings is 2. The van der Waals surface area contributed by atoms with Crippen LogP contribution in [0, 0.1) is 13.8 Å². The van der Waals surface area contributed by atoms with Crippen LogP contribution in [0.1, 0.15) is 34.7 Å². The zero-order chi connectivity index (χ0) is 28.4. The van der Waals surface area contributed by atoms with Crippen LogP contribution in [-0.2, 0) is 9.53 Å². The van der Waals surface area contributed by atoms with Gasteiger partial charge in [-0.3, -0.25) is 9.78 Å². The van der Waals surface area contributed by atoms with E-state index in [0.717, 1.165) is 39.8 Å². The van der Waals surface area contributed by atoms with Crippen LogP contribution in [0.3, 0.4) is 0 Å². The number of amides is 1. The molecule has 0 spiro atoms. The van der Waals surface area contributed by atoms with Crippen molar-refractivity contribution in [1.82, 2.24) is 14.9 Å². The molecule has 3 heterocycles. The van der Waals surface area contributed by atoms with Gasteiger partial charge in [0.15, 0.2) is 5.11 Å². The highest BCUT2D eigenvalue weighted by atomic mass is 35.5. The standard InChI is InChI=1S/C30H30ClN5O3S/c1-18-15-23(19(2)35(18)25-16-20(31)8-13-26(25)39-4)29-28(24-7-5-6-14-32-24)34-30(40)36(29)22-11-9-21(10-12-22)33-27(37)17-38-3/h5-16,28-29H,17H2,1-4H3,(H,33,37)(H,34,40)/t28-,29-/m0/s1. The summed E-state index contributed by atoms with van der Waals surface area (Å²) in [5.41, 5.74) is 6.45. The predicted octanol–water partition coefficient (Wildman–Crippen LogP) is 5.91. The van der Waals surface area contributed by atoms with E-state index < -0.39 is 0 Å². The van der Waals surface area contributed by atoms with Crippen molar-refractivity contribution < 1.29 is 14.3 Å². The summed E-state index contributed by atoms with van der Waals surface area (Å²) in [5, 5.41) is 7.56. The van der Waals surface area contributed by atoms with Crippen molar-refractivity contribution in [3.63, 3.8) is 0 Å². The van der Waals surface area contributed by atoms with Crippen molar-refractivity contribution in [2.45, 2.75) is 25.9 Å². The molecule has 0 radical (unpaired) electrons. The summed E-state index contributed by atoms with van der Waals surface area (Å²) in [4.78, 5) is 18.8. The number of nitrogens with one attached hydrogen (secondary N) is 2. The Kier molecular flexibility index (Phi) is 8.07. The molecule has 2 atom stereocenters. The van der Waals surface area contributed by atoms with Crippen molar-refractivity contribution >= 4 is 46.2 Å². The number of halogens is 1. The molecule has 1 amide bonds. The first-order chi connectivity index (χ1) is 19.3. The zero-order valence-electron chi connectivity index (χ0n) is 22.6. The van der Waals surface area contributed by atoms with Crippen LogP contribution in [0.4, 0.5) is 11.4 Å². The minimum absolute atomic E-state index is 0.0112. The molecule has 2 N–H and O–H groups in total. The van der Waals surface area contributed by atoms with E-state index in [1.807, 2.05) is 60.7 Å². The van der Waals surface area contributed by atoms with E-state index in [1.54, 1.807) is 13.3 Å². The Hall–Kier alpha value is -3.92. The number of thiocarbonyl (C=S) groups is 1. The average molecular weight is 576 g/mol. The third-order valence-electron chi connectivity index (χ3n) is 6.97. The van der Waals surface area contributed by atoms with Gasteiger partial charge in [-0.15, -0.1) is 0 Å². The molecule has 1 aliphatic rings. The first kappa shape index (κ1) is 27.6. The predicted molar refractivity (Wildman–Crippen MR) is 162 cm³/mol. The van der Waals surface area contributed by atoms with Crippen LogP contribution in [0.2, 0.25) is 5.02 Å². The lowest BCUT2D eigenvalue weighted by molar-refractivity contribution is -0.119. The van der Waals surface area contributed by atoms with E-state index in [0.29, 0.717) is 15.8 Å². The van der Waals surface area contributed by atoms with Crippen molar-refractivity contribution in [3.8, 4) is 11.4 Å². The van der Waals surface area contributed by atoms with Gasteiger partial charge in [0, 0.05) is 41.1 Å². The number of carbonyl (C=O) groups is 1. The maximum absolute atomic E-state index is 12.0. The van der Waals surface area contributed by atoms with Gasteiger partial charge >= 0.3 is 0 Å². The molecule has 1 aliphatic heterocycles. The summed E-state index contributed by atoms with van der Waals surface area (Å²) in [5.74, 6) is 0.507. The highest BCUT2D eigenvalue weighted by Crippen LogP contribution is 2.44. The number of methoxy groups -OCH3 is 2. The summed E-state index contributed by atoms with van der Waals surface area (Å²) in [6.07, 6.45) is 1.79. The lowest BCUT2D eigenvalue weighted by Gasteiger charge is -2.28. The summed E-state index contributed by atoms with van der Waals surface area (Å²) in [7, 11) is 3.14. The fourth-order valence-electron chi connectivity index (χ4n) is 5.28. The largest absolute Gasteiger partial charge is 0.495 e. The van der Waals surface area contributed by atoms with Gasteiger partial charge < -0.3 is 29.6 Å². The van der Waals surface area contributed by atoms with Crippen LogP contribution in [0.5, 0.6) is 5.75 Å². The second-order valence-corrected chi connectivity index (χ2v) is 10.3. The number of nitrogens with zero attached hydrogens (tertiary/aromatic N) is 3. The Morgan fingerprint density at radius 1 is 1.10 bits per heavy atom. The van der Waals surface area contributed by atoms with Gasteiger partial charge in [0.05, 0.1) is 30.6 Å². The van der Waals surface area contributed by atoms with E-state index in [-0.39, 0.29) is 24.6 Å². The van der Waals surface area contributed by atoms with Gasteiger partial charge in [0.1, 0.15) is 12.4 Å². The van der Waals surface area contributed by atoms with E-state index >= 15 is 0 Å². The number of anilines is 2. The first-order valence-corrected chi connectivity index (χ1v) is 13.5. The van der Waals surface area contributed by atoms with Gasteiger partial charge in [-0.2, -0.15) is 0 Å². The van der Waals surface area contributed by atoms with Gasteiger partial charge in [-0.05, 0) is 92.3 Å². The molecule has 0 unspecified atom stereocenters. The minimum atomic E-state index is -0.217. The highest BCUT2D eigenvalue weighted by molar-refractivity contribution is 7.80. The van der Waals surface area contributed by atoms with Crippen molar-refractivity contribution in [2.24, 2.45) is 0 Å². The Morgan fingerprint density at radius 3 is 2.55 bits per heavy atom. The van der Waals surface area contributed by atoms with Crippen LogP contribution in [0.25, 0.3) is 5.69 Å². The summed E-state index contributed by atoms with van der Waals surface area (Å²) < 4.78 is 12.8. The maximum atomic E-state index is 12.0. The van der Waals surface area contributed by atoms with Gasteiger partial charge in [0.2, 0.25) is 5.91 Å². The number of pyridine rings is 1. The quantitative estimate of drug-likeness (QED) is 0.253. The zero-order valence-corrected chi connectivity index (χ0v) is 24.2. The molecular formula is C30H30ClN5O3S. The Labute approximate surface area is 243 Å². The molecule has 206 valence electrons. The van der Waals surface area contributed by atoms with Crippen LogP contribution in [0.15, 0.2) is 72.9 Å². The number of aryl methyl sites for hydroxylation is 1. The molecule has 0 aliphatic carbocycles. The number of aromatic nitrogens is 2. The summed E-state index contributed by atoms with van der Waals surface area (Å²) in [6.45, 7) is 4.14. The smallest absolute Gasteiger partial charge is 0.250 e. The molecule has 8 nitrogen and oxygen atoms in total. The fraction of sp³-hybridized carbons (Fsp3) is 0.233. The summed E-state index contributed by atoms with van der Waals surface area (Å²) >= 11 is 12.3. The molecule has 2 aromatic heterocycles. The van der Waals surface area contributed by atoms with Crippen LogP contribution < -0.4 is 20.3 Å². The monoisotopic (exact) mass is 575 g/mol. The first-order valence-electron chi connectivity index (χ1n) is 12.7. The van der Waals surface area contributed by atoms with Crippen LogP contribution >= 0.6 is 23.8 Å². The van der Waals surface area contributed by atoms with E-state index in [9.17, 15) is 4.79 Å². The second-order valence-electron chi connectivity index (χ2n) is 9.50. The molecule has 1 fully saturated rings. The van der Waals surface area contributed by atoms with Gasteiger partial charge in [-0.25, -0.2) is 0 Å². The van der Waals surface area contributed by atoms with Gasteiger partial charge in [-0.1, -0.05) is 17.7 Å². The molecule has 0 bridgehead atoms. The second kappa shape index (κ2) is 11.7. The van der Waals surface area contributed by atoms with E-state index in [2.05, 4.69) is 45.0 Å². The summed E-state index contributed by atoms with van der Waals surface area (Å²) in [6, 6.07) is 20.9. The molecule has 1 saturated heterocycles. The minimum Gasteiger partial charge on any atom is -0.495 e. The topological polar surface area (TPSA) is 80.7 Å². The number of hydrogen-bond acceptors (Lipinski definition) is 5. The maximum Gasteiger partial charge on any atom is 0.250 e. The molecular weight excluding hydrogens is 546 g/mol. The number of carbonyl (C=O) groups excluding carboxylic acids is 1. The highest BCUT2D eigenvalue weighted by Gasteiger charge is 2.42. The van der Waals surface area contributed by atoms with Crippen molar-refractivity contribution in [1.29, 1.82) is 0 Å². The lowest BCUT2D eigenvalue weighted by Crippen LogP contribution is -2.29. The molecule has 2 aromatic carbocycles. The fourth-order valence-corrected chi connectivity index (χ4v) is 5.79. The Morgan fingerprint density at radius 2 is 1.88 bits per heavy atom. The normalized spacial score (nSPS) is 16.6. The third kappa shape index (κ3) is 5.28. The Balaban J connectivity index is 1.61. The molecule has 4 aromatic rings. The molecule has 5 rings (SSSR count). The molecule has 40 heavy (non-hydrogen) atoms. The third-order valence-corrected chi connectivity index (χ3v) is 7.52.